The zero-order valence-electron chi connectivity index (χ0n) is 10.5. The van der Waals surface area contributed by atoms with E-state index in [1.807, 2.05) is 6.92 Å². The first-order valence-corrected chi connectivity index (χ1v) is 6.72. The number of nitrogens with one attached hydrogen (secondary N) is 1. The second-order valence-electron chi connectivity index (χ2n) is 4.08. The van der Waals surface area contributed by atoms with Crippen LogP contribution in [0.25, 0.3) is 0 Å². The van der Waals surface area contributed by atoms with Gasteiger partial charge in [-0.25, -0.2) is 9.37 Å². The summed E-state index contributed by atoms with van der Waals surface area (Å²) in [6, 6.07) is 4.57. The van der Waals surface area contributed by atoms with E-state index in [0.29, 0.717) is 16.5 Å². The summed E-state index contributed by atoms with van der Waals surface area (Å²) in [5.41, 5.74) is 3.14. The van der Waals surface area contributed by atoms with Crippen LogP contribution in [0.3, 0.4) is 0 Å². The second kappa shape index (κ2) is 6.23. The van der Waals surface area contributed by atoms with Crippen LogP contribution < -0.4 is 11.3 Å². The Bertz CT molecular complexity index is 557. The number of hydrogen-bond acceptors (Lipinski definition) is 4. The molecule has 0 aliphatic carbocycles. The fraction of sp³-hybridized carbons (Fsp3) is 0.333. The first kappa shape index (κ1) is 14.1. The SMILES string of the molecule is CCn1ncnc1CC(NN)c1ccc(Br)cc1F. The van der Waals surface area contributed by atoms with E-state index >= 15 is 0 Å². The molecule has 0 spiro atoms. The quantitative estimate of drug-likeness (QED) is 0.650. The average Bonchev–Trinajstić information content (AvgIpc) is 2.84. The molecule has 2 aromatic rings. The molecular weight excluding hydrogens is 313 g/mol. The minimum atomic E-state index is -0.345. The van der Waals surface area contributed by atoms with Crippen LogP contribution in [0.4, 0.5) is 4.39 Å². The lowest BCUT2D eigenvalue weighted by Gasteiger charge is -2.17. The lowest BCUT2D eigenvalue weighted by Crippen LogP contribution is -2.31. The summed E-state index contributed by atoms with van der Waals surface area (Å²) in [4.78, 5) is 4.17. The number of aryl methyl sites for hydroxylation is 1. The number of rotatable bonds is 5. The molecule has 0 amide bonds. The molecule has 0 aliphatic heterocycles. The Morgan fingerprint density at radius 3 is 2.95 bits per heavy atom. The molecule has 2 rings (SSSR count). The van der Waals surface area contributed by atoms with Gasteiger partial charge in [0.2, 0.25) is 0 Å². The Labute approximate surface area is 119 Å². The number of nitrogens with two attached hydrogens (primary N) is 1. The van der Waals surface area contributed by atoms with Gasteiger partial charge in [0.25, 0.3) is 0 Å². The van der Waals surface area contributed by atoms with Gasteiger partial charge >= 0.3 is 0 Å². The van der Waals surface area contributed by atoms with Crippen LogP contribution in [-0.4, -0.2) is 14.8 Å². The zero-order chi connectivity index (χ0) is 13.8. The van der Waals surface area contributed by atoms with Gasteiger partial charge in [-0.3, -0.25) is 16.0 Å². The maximum atomic E-state index is 13.9. The van der Waals surface area contributed by atoms with E-state index in [-0.39, 0.29) is 11.9 Å². The van der Waals surface area contributed by atoms with Crippen LogP contribution in [-0.2, 0) is 13.0 Å². The maximum Gasteiger partial charge on any atom is 0.138 e. The molecule has 102 valence electrons. The van der Waals surface area contributed by atoms with Gasteiger partial charge in [-0.2, -0.15) is 5.10 Å². The van der Waals surface area contributed by atoms with Crippen LogP contribution in [0, 0.1) is 5.82 Å². The topological polar surface area (TPSA) is 68.8 Å². The number of nitrogens with zero attached hydrogens (tertiary/aromatic N) is 3. The van der Waals surface area contributed by atoms with Crippen LogP contribution in [0.5, 0.6) is 0 Å². The van der Waals surface area contributed by atoms with Gasteiger partial charge in [0.15, 0.2) is 0 Å². The van der Waals surface area contributed by atoms with Crippen molar-refractivity contribution in [1.82, 2.24) is 20.2 Å². The molecule has 1 aromatic carbocycles. The third-order valence-corrected chi connectivity index (χ3v) is 3.41. The minimum absolute atomic E-state index is 0.306. The van der Waals surface area contributed by atoms with Gasteiger partial charge in [-0.1, -0.05) is 22.0 Å². The smallest absolute Gasteiger partial charge is 0.138 e. The van der Waals surface area contributed by atoms with Gasteiger partial charge in [0.05, 0.1) is 6.04 Å². The van der Waals surface area contributed by atoms with Crippen molar-refractivity contribution in [3.8, 4) is 0 Å². The van der Waals surface area contributed by atoms with Crippen molar-refractivity contribution in [2.45, 2.75) is 25.9 Å². The predicted octanol–water partition coefficient (Wildman–Crippen LogP) is 1.95. The minimum Gasteiger partial charge on any atom is -0.271 e. The molecule has 1 aromatic heterocycles. The Morgan fingerprint density at radius 1 is 1.53 bits per heavy atom. The van der Waals surface area contributed by atoms with E-state index in [1.54, 1.807) is 16.8 Å². The highest BCUT2D eigenvalue weighted by Gasteiger charge is 2.17. The summed E-state index contributed by atoms with van der Waals surface area (Å²) in [5.74, 6) is 6.00. The molecule has 1 unspecified atom stereocenters. The molecule has 19 heavy (non-hydrogen) atoms. The summed E-state index contributed by atoms with van der Waals surface area (Å²) in [6.45, 7) is 2.69. The number of aromatic nitrogens is 3. The molecule has 7 heteroatoms. The van der Waals surface area contributed by atoms with Gasteiger partial charge in [0, 0.05) is 23.0 Å². The summed E-state index contributed by atoms with van der Waals surface area (Å²) >= 11 is 3.23. The summed E-state index contributed by atoms with van der Waals surface area (Å²) in [7, 11) is 0. The molecule has 0 radical (unpaired) electrons. The molecular formula is C12H15BrFN5. The van der Waals surface area contributed by atoms with Crippen molar-refractivity contribution in [3.05, 3.63) is 46.2 Å². The molecule has 3 N–H and O–H groups in total. The van der Waals surface area contributed by atoms with Crippen molar-refractivity contribution in [2.75, 3.05) is 0 Å². The van der Waals surface area contributed by atoms with E-state index in [9.17, 15) is 4.39 Å². The highest BCUT2D eigenvalue weighted by molar-refractivity contribution is 9.10. The first-order chi connectivity index (χ1) is 9.15. The molecule has 0 bridgehead atoms. The third-order valence-electron chi connectivity index (χ3n) is 2.92. The van der Waals surface area contributed by atoms with Crippen LogP contribution >= 0.6 is 15.9 Å². The highest BCUT2D eigenvalue weighted by atomic mass is 79.9. The van der Waals surface area contributed by atoms with Gasteiger partial charge in [0.1, 0.15) is 18.0 Å². The molecule has 1 atom stereocenters. The summed E-state index contributed by atoms with van der Waals surface area (Å²) in [5, 5.41) is 4.09. The molecule has 1 heterocycles. The average molecular weight is 328 g/mol. The molecule has 0 saturated heterocycles. The van der Waals surface area contributed by atoms with Gasteiger partial charge < -0.3 is 0 Å². The molecule has 0 fully saturated rings. The van der Waals surface area contributed by atoms with Crippen LogP contribution in [0.2, 0.25) is 0 Å². The summed E-state index contributed by atoms with van der Waals surface area (Å²) in [6.07, 6.45) is 1.97. The van der Waals surface area contributed by atoms with E-state index in [0.717, 1.165) is 12.4 Å². The van der Waals surface area contributed by atoms with E-state index in [2.05, 4.69) is 31.4 Å². The number of hydrogen-bond donors (Lipinski definition) is 2. The fourth-order valence-electron chi connectivity index (χ4n) is 1.94. The Kier molecular flexibility index (Phi) is 4.62. The largest absolute Gasteiger partial charge is 0.271 e. The number of halogens is 2. The van der Waals surface area contributed by atoms with E-state index < -0.39 is 0 Å². The number of benzene rings is 1. The second-order valence-corrected chi connectivity index (χ2v) is 5.00. The van der Waals surface area contributed by atoms with Gasteiger partial charge in [-0.05, 0) is 19.1 Å². The van der Waals surface area contributed by atoms with Crippen molar-refractivity contribution >= 4 is 15.9 Å². The lowest BCUT2D eigenvalue weighted by atomic mass is 10.0. The van der Waals surface area contributed by atoms with Crippen molar-refractivity contribution in [1.29, 1.82) is 0 Å². The normalized spacial score (nSPS) is 12.6. The molecule has 0 aliphatic rings. The molecule has 0 saturated carbocycles. The summed E-state index contributed by atoms with van der Waals surface area (Å²) < 4.78 is 16.4. The fourth-order valence-corrected chi connectivity index (χ4v) is 2.27. The Morgan fingerprint density at radius 2 is 2.32 bits per heavy atom. The van der Waals surface area contributed by atoms with Crippen LogP contribution in [0.1, 0.15) is 24.4 Å². The van der Waals surface area contributed by atoms with E-state index in [4.69, 9.17) is 5.84 Å². The van der Waals surface area contributed by atoms with Crippen molar-refractivity contribution in [3.63, 3.8) is 0 Å². The zero-order valence-corrected chi connectivity index (χ0v) is 12.1. The Balaban J connectivity index is 2.25. The van der Waals surface area contributed by atoms with E-state index in [1.165, 1.54) is 12.4 Å². The van der Waals surface area contributed by atoms with Gasteiger partial charge in [-0.15, -0.1) is 0 Å². The lowest BCUT2D eigenvalue weighted by molar-refractivity contribution is 0.485. The first-order valence-electron chi connectivity index (χ1n) is 5.93. The number of hydrazine groups is 1. The monoisotopic (exact) mass is 327 g/mol. The van der Waals surface area contributed by atoms with Crippen molar-refractivity contribution < 1.29 is 4.39 Å². The van der Waals surface area contributed by atoms with Crippen molar-refractivity contribution in [2.24, 2.45) is 5.84 Å². The highest BCUT2D eigenvalue weighted by Crippen LogP contribution is 2.23. The van der Waals surface area contributed by atoms with Crippen LogP contribution in [0.15, 0.2) is 29.0 Å². The molecule has 5 nitrogen and oxygen atoms in total. The predicted molar refractivity (Wildman–Crippen MR) is 73.6 cm³/mol. The Hall–Kier alpha value is -1.31. The maximum absolute atomic E-state index is 13.9. The standard InChI is InChI=1S/C12H15BrFN5/c1-2-19-12(16-7-17-19)6-11(18-15)9-4-3-8(13)5-10(9)14/h3-5,7,11,18H,2,6,15H2,1H3. The third kappa shape index (κ3) is 3.17.